The number of benzene rings is 2. The van der Waals surface area contributed by atoms with Gasteiger partial charge in [0.05, 0.1) is 10.4 Å². The Kier molecular flexibility index (Phi) is 8.16. The number of ether oxygens (including phenoxy) is 1. The maximum Gasteiger partial charge on any atom is 0.253 e. The van der Waals surface area contributed by atoms with E-state index in [1.807, 2.05) is 67.5 Å². The van der Waals surface area contributed by atoms with Crippen molar-refractivity contribution in [2.45, 2.75) is 42.5 Å². The van der Waals surface area contributed by atoms with Crippen LogP contribution in [0.3, 0.4) is 0 Å². The summed E-state index contributed by atoms with van der Waals surface area (Å²) in [6.45, 7) is 0.818. The van der Waals surface area contributed by atoms with Crippen molar-refractivity contribution in [3.63, 3.8) is 0 Å². The molecule has 0 radical (unpaired) electrons. The Morgan fingerprint density at radius 1 is 1.11 bits per heavy atom. The normalized spacial score (nSPS) is 16.4. The summed E-state index contributed by atoms with van der Waals surface area (Å²) in [5.41, 5.74) is 3.16. The van der Waals surface area contributed by atoms with Gasteiger partial charge in [-0.3, -0.25) is 4.79 Å². The Morgan fingerprint density at radius 3 is 2.54 bits per heavy atom. The third kappa shape index (κ3) is 6.25. The molecule has 2 aromatic carbocycles. The van der Waals surface area contributed by atoms with Crippen molar-refractivity contribution in [1.29, 1.82) is 0 Å². The second-order valence-corrected chi connectivity index (χ2v) is 12.6. The van der Waals surface area contributed by atoms with Gasteiger partial charge in [0.2, 0.25) is 0 Å². The fourth-order valence-electron chi connectivity index (χ4n) is 4.16. The van der Waals surface area contributed by atoms with Gasteiger partial charge in [0.25, 0.3) is 10.0 Å². The molecule has 1 saturated heterocycles. The molecular formula is C26H29ClN2O4S2. The first-order chi connectivity index (χ1) is 16.7. The molecule has 1 aromatic heterocycles. The SMILES string of the molecule is CN(C)c1cccc(OCc2ccc(CCC(=O)[C@@H]3CCCN3S(=O)(=O)c3ccc(Cl)s3)cc2)c1. The standard InChI is InChI=1S/C26H29ClN2O4S2/c1-28(2)21-5-3-6-22(17-21)33-18-20-10-8-19(9-11-20)12-13-24(30)23-7-4-16-29(23)35(31,32)26-15-14-25(27)34-26/h3,5-6,8-11,14-15,17,23H,4,7,12-13,16,18H2,1-2H3/t23-/m0/s1. The molecule has 4 rings (SSSR count). The predicted molar refractivity (Wildman–Crippen MR) is 141 cm³/mol. The van der Waals surface area contributed by atoms with Crippen LogP contribution in [0.2, 0.25) is 4.34 Å². The molecule has 35 heavy (non-hydrogen) atoms. The predicted octanol–water partition coefficient (Wildman–Crippen LogP) is 5.40. The lowest BCUT2D eigenvalue weighted by Gasteiger charge is -2.22. The van der Waals surface area contributed by atoms with Gasteiger partial charge in [0, 0.05) is 38.8 Å². The number of ketones is 1. The van der Waals surface area contributed by atoms with Gasteiger partial charge in [-0.25, -0.2) is 8.42 Å². The van der Waals surface area contributed by atoms with E-state index in [0.29, 0.717) is 43.2 Å². The van der Waals surface area contributed by atoms with Gasteiger partial charge < -0.3 is 9.64 Å². The zero-order valence-electron chi connectivity index (χ0n) is 19.8. The average Bonchev–Trinajstić information content (AvgIpc) is 3.52. The molecular weight excluding hydrogens is 504 g/mol. The Labute approximate surface area is 216 Å². The molecule has 1 aliphatic heterocycles. The molecule has 0 amide bonds. The monoisotopic (exact) mass is 532 g/mol. The van der Waals surface area contributed by atoms with Gasteiger partial charge in [-0.15, -0.1) is 11.3 Å². The number of Topliss-reactive ketones (excluding diaryl/α,β-unsaturated/α-hetero) is 1. The average molecular weight is 533 g/mol. The third-order valence-corrected chi connectivity index (χ3v) is 9.72. The van der Waals surface area contributed by atoms with Crippen LogP contribution in [-0.4, -0.2) is 45.2 Å². The summed E-state index contributed by atoms with van der Waals surface area (Å²) >= 11 is 6.95. The molecule has 6 nitrogen and oxygen atoms in total. The van der Waals surface area contributed by atoms with Gasteiger partial charge in [0.15, 0.2) is 5.78 Å². The molecule has 3 aromatic rings. The highest BCUT2D eigenvalue weighted by Gasteiger charge is 2.39. The number of sulfonamides is 1. The smallest absolute Gasteiger partial charge is 0.253 e. The van der Waals surface area contributed by atoms with Crippen molar-refractivity contribution in [2.24, 2.45) is 0 Å². The van der Waals surface area contributed by atoms with Crippen LogP contribution in [0.15, 0.2) is 64.9 Å². The minimum atomic E-state index is -3.71. The minimum absolute atomic E-state index is 0.0399. The molecule has 0 N–H and O–H groups in total. The van der Waals surface area contributed by atoms with Crippen molar-refractivity contribution >= 4 is 44.4 Å². The number of rotatable bonds is 10. The summed E-state index contributed by atoms with van der Waals surface area (Å²) < 4.78 is 33.9. The van der Waals surface area contributed by atoms with E-state index in [9.17, 15) is 13.2 Å². The first kappa shape index (κ1) is 25.7. The highest BCUT2D eigenvalue weighted by molar-refractivity contribution is 7.91. The second kappa shape index (κ2) is 11.1. The van der Waals surface area contributed by atoms with Crippen LogP contribution in [0.1, 0.15) is 30.4 Å². The van der Waals surface area contributed by atoms with Crippen LogP contribution < -0.4 is 9.64 Å². The minimum Gasteiger partial charge on any atom is -0.489 e. The fourth-order valence-corrected chi connectivity index (χ4v) is 7.45. The lowest BCUT2D eigenvalue weighted by Crippen LogP contribution is -2.40. The van der Waals surface area contributed by atoms with E-state index >= 15 is 0 Å². The van der Waals surface area contributed by atoms with Crippen molar-refractivity contribution in [3.8, 4) is 5.75 Å². The molecule has 1 fully saturated rings. The highest BCUT2D eigenvalue weighted by Crippen LogP contribution is 2.33. The second-order valence-electron chi connectivity index (χ2n) is 8.80. The molecule has 0 unspecified atom stereocenters. The summed E-state index contributed by atoms with van der Waals surface area (Å²) in [6, 6.07) is 18.4. The zero-order valence-corrected chi connectivity index (χ0v) is 22.2. The van der Waals surface area contributed by atoms with Crippen molar-refractivity contribution in [3.05, 3.63) is 76.1 Å². The molecule has 0 aliphatic carbocycles. The number of carbonyl (C=O) groups excluding carboxylic acids is 1. The summed E-state index contributed by atoms with van der Waals surface area (Å²) in [6.07, 6.45) is 2.11. The van der Waals surface area contributed by atoms with Crippen LogP contribution >= 0.6 is 22.9 Å². The summed E-state index contributed by atoms with van der Waals surface area (Å²) in [5.74, 6) is 0.772. The van der Waals surface area contributed by atoms with E-state index in [4.69, 9.17) is 16.3 Å². The first-order valence-corrected chi connectivity index (χ1v) is 14.2. The quantitative estimate of drug-likeness (QED) is 0.349. The van der Waals surface area contributed by atoms with E-state index < -0.39 is 16.1 Å². The molecule has 0 spiro atoms. The van der Waals surface area contributed by atoms with Crippen LogP contribution in [-0.2, 0) is 27.8 Å². The summed E-state index contributed by atoms with van der Waals surface area (Å²) in [7, 11) is 0.276. The van der Waals surface area contributed by atoms with Crippen molar-refractivity contribution < 1.29 is 17.9 Å². The van der Waals surface area contributed by atoms with Crippen LogP contribution in [0, 0.1) is 0 Å². The van der Waals surface area contributed by atoms with E-state index in [1.54, 1.807) is 6.07 Å². The number of hydrogen-bond donors (Lipinski definition) is 0. The fraction of sp³-hybridized carbons (Fsp3) is 0.346. The van der Waals surface area contributed by atoms with Crippen molar-refractivity contribution in [2.75, 3.05) is 25.5 Å². The van der Waals surface area contributed by atoms with Crippen LogP contribution in [0.4, 0.5) is 5.69 Å². The molecule has 1 aliphatic rings. The molecule has 2 heterocycles. The number of anilines is 1. The van der Waals surface area contributed by atoms with E-state index in [2.05, 4.69) is 0 Å². The van der Waals surface area contributed by atoms with Gasteiger partial charge in [-0.2, -0.15) is 4.31 Å². The number of hydrogen-bond acceptors (Lipinski definition) is 6. The topological polar surface area (TPSA) is 66.9 Å². The lowest BCUT2D eigenvalue weighted by molar-refractivity contribution is -0.122. The van der Waals surface area contributed by atoms with Crippen LogP contribution in [0.5, 0.6) is 5.75 Å². The summed E-state index contributed by atoms with van der Waals surface area (Å²) in [5, 5.41) is 0. The molecule has 0 bridgehead atoms. The van der Waals surface area contributed by atoms with Gasteiger partial charge in [-0.05, 0) is 54.7 Å². The van der Waals surface area contributed by atoms with Gasteiger partial charge >= 0.3 is 0 Å². The number of nitrogens with zero attached hydrogens (tertiary/aromatic N) is 2. The molecule has 9 heteroatoms. The van der Waals surface area contributed by atoms with Crippen molar-refractivity contribution in [1.82, 2.24) is 4.31 Å². The number of carbonyl (C=O) groups is 1. The van der Waals surface area contributed by atoms with Gasteiger partial charge in [-0.1, -0.05) is 41.9 Å². The Balaban J connectivity index is 1.31. The van der Waals surface area contributed by atoms with E-state index in [1.165, 1.54) is 10.4 Å². The number of thiophene rings is 1. The summed E-state index contributed by atoms with van der Waals surface area (Å²) in [4.78, 5) is 15.0. The highest BCUT2D eigenvalue weighted by atomic mass is 35.5. The number of aryl methyl sites for hydroxylation is 1. The third-order valence-electron chi connectivity index (χ3n) is 6.11. The molecule has 0 saturated carbocycles. The Hall–Kier alpha value is -2.39. The lowest BCUT2D eigenvalue weighted by atomic mass is 10.0. The molecule has 186 valence electrons. The van der Waals surface area contributed by atoms with Gasteiger partial charge in [0.1, 0.15) is 16.6 Å². The maximum atomic E-state index is 13.0. The largest absolute Gasteiger partial charge is 0.489 e. The maximum absolute atomic E-state index is 13.0. The van der Waals surface area contributed by atoms with Crippen LogP contribution in [0.25, 0.3) is 0 Å². The van der Waals surface area contributed by atoms with E-state index in [0.717, 1.165) is 33.9 Å². The number of halogens is 1. The van der Waals surface area contributed by atoms with E-state index in [-0.39, 0.29) is 9.99 Å². The molecule has 1 atom stereocenters. The Morgan fingerprint density at radius 2 is 1.86 bits per heavy atom. The first-order valence-electron chi connectivity index (χ1n) is 11.5. The Bertz CT molecular complexity index is 1270. The zero-order chi connectivity index (χ0) is 25.0.